The normalized spacial score (nSPS) is 11.8. The third kappa shape index (κ3) is 5.53. The highest BCUT2D eigenvalue weighted by Gasteiger charge is 2.21. The van der Waals surface area contributed by atoms with Crippen molar-refractivity contribution < 1.29 is 0 Å². The predicted molar refractivity (Wildman–Crippen MR) is 130 cm³/mol. The summed E-state index contributed by atoms with van der Waals surface area (Å²) in [7, 11) is -0.483. The maximum atomic E-state index is 3.93. The van der Waals surface area contributed by atoms with Gasteiger partial charge >= 0.3 is 0 Å². The van der Waals surface area contributed by atoms with Gasteiger partial charge in [0.15, 0.2) is 0 Å². The van der Waals surface area contributed by atoms with Crippen LogP contribution in [0.15, 0.2) is 6.07 Å². The van der Waals surface area contributed by atoms with E-state index in [4.69, 9.17) is 0 Å². The van der Waals surface area contributed by atoms with Crippen LogP contribution in [0.1, 0.15) is 101 Å². The van der Waals surface area contributed by atoms with Crippen LogP contribution in [0, 0.1) is 0 Å². The van der Waals surface area contributed by atoms with Crippen molar-refractivity contribution in [3.8, 4) is 0 Å². The van der Waals surface area contributed by atoms with E-state index in [-0.39, 0.29) is 0 Å². The van der Waals surface area contributed by atoms with Crippen molar-refractivity contribution in [1.29, 1.82) is 0 Å². The van der Waals surface area contributed by atoms with E-state index in [1.54, 1.807) is 33.0 Å². The minimum Gasteiger partial charge on any atom is -0.362 e. The van der Waals surface area contributed by atoms with Gasteiger partial charge in [0.1, 0.15) is 8.80 Å². The highest BCUT2D eigenvalue weighted by Crippen LogP contribution is 2.32. The highest BCUT2D eigenvalue weighted by molar-refractivity contribution is 6.70. The van der Waals surface area contributed by atoms with Gasteiger partial charge in [0.25, 0.3) is 0 Å². The van der Waals surface area contributed by atoms with Gasteiger partial charge in [-0.25, -0.2) is 0 Å². The Morgan fingerprint density at radius 1 is 0.679 bits per heavy atom. The maximum Gasteiger partial charge on any atom is 0.101 e. The molecule has 157 valence electrons. The fourth-order valence-corrected chi connectivity index (χ4v) is 5.77. The topological polar surface area (TPSA) is 15.8 Å². The fraction of sp³-hybridized carbons (Fsp3) is 0.692. The third-order valence-electron chi connectivity index (χ3n) is 6.15. The number of aryl methyl sites for hydroxylation is 3. The lowest BCUT2D eigenvalue weighted by molar-refractivity contribution is 0.737. The summed E-state index contributed by atoms with van der Waals surface area (Å²) in [6.45, 7) is 14.2. The van der Waals surface area contributed by atoms with E-state index >= 15 is 0 Å². The highest BCUT2D eigenvalue weighted by atomic mass is 28.3. The second-order valence-electron chi connectivity index (χ2n) is 8.81. The second kappa shape index (κ2) is 11.9. The van der Waals surface area contributed by atoms with Gasteiger partial charge in [-0.05, 0) is 79.7 Å². The van der Waals surface area contributed by atoms with Crippen LogP contribution in [0.4, 0.5) is 0 Å². The van der Waals surface area contributed by atoms with Crippen molar-refractivity contribution in [2.75, 3.05) is 0 Å². The minimum absolute atomic E-state index is 0.483. The molecule has 1 radical (unpaired) electrons. The Morgan fingerprint density at radius 2 is 1.18 bits per heavy atom. The van der Waals surface area contributed by atoms with Crippen molar-refractivity contribution in [2.24, 2.45) is 0 Å². The molecule has 0 saturated heterocycles. The molecule has 0 atom stereocenters. The van der Waals surface area contributed by atoms with Crippen LogP contribution >= 0.6 is 0 Å². The van der Waals surface area contributed by atoms with Crippen molar-refractivity contribution in [3.63, 3.8) is 0 Å². The van der Waals surface area contributed by atoms with Crippen LogP contribution in [0.2, 0.25) is 13.1 Å². The molecule has 1 aromatic carbocycles. The molecule has 2 aromatic rings. The molecule has 0 spiro atoms. The maximum absolute atomic E-state index is 3.93. The molecular weight excluding hydrogens is 354 g/mol. The largest absolute Gasteiger partial charge is 0.362 e. The number of hydrogen-bond donors (Lipinski definition) is 1. The SMILES string of the molecule is CCCCc1cc2[nH]c([Si](C)C)c(CCCC)c2c(CCCC)c1CCCC. The second-order valence-corrected chi connectivity index (χ2v) is 11.3. The number of H-pyrrole nitrogens is 1. The Kier molecular flexibility index (Phi) is 9.84. The van der Waals surface area contributed by atoms with Crippen LogP contribution in [-0.4, -0.2) is 13.8 Å². The standard InChI is InChI=1S/C26H44NSi/c1-7-11-15-20-19-24-25(22(17-13-9-3)21(20)16-12-8-2)23(18-14-10-4)26(27-24)28(5)6/h19,27H,7-18H2,1-6H3. The van der Waals surface area contributed by atoms with Gasteiger partial charge in [-0.15, -0.1) is 0 Å². The van der Waals surface area contributed by atoms with Gasteiger partial charge in [0, 0.05) is 16.2 Å². The van der Waals surface area contributed by atoms with E-state index < -0.39 is 8.80 Å². The van der Waals surface area contributed by atoms with Gasteiger partial charge < -0.3 is 4.98 Å². The van der Waals surface area contributed by atoms with E-state index in [0.29, 0.717) is 0 Å². The first-order valence-corrected chi connectivity index (χ1v) is 14.6. The molecule has 0 aliphatic carbocycles. The van der Waals surface area contributed by atoms with Gasteiger partial charge in [0.05, 0.1) is 0 Å². The molecule has 0 aliphatic heterocycles. The summed E-state index contributed by atoms with van der Waals surface area (Å²) in [6.07, 6.45) is 15.4. The summed E-state index contributed by atoms with van der Waals surface area (Å²) in [4.78, 5) is 3.93. The number of unbranched alkanes of at least 4 members (excludes halogenated alkanes) is 4. The van der Waals surface area contributed by atoms with Gasteiger partial charge in [-0.3, -0.25) is 0 Å². The molecule has 2 rings (SSSR count). The lowest BCUT2D eigenvalue weighted by Gasteiger charge is -2.18. The molecule has 1 N–H and O–H groups in total. The summed E-state index contributed by atoms with van der Waals surface area (Å²) in [6, 6.07) is 2.55. The quantitative estimate of drug-likeness (QED) is 0.336. The Balaban J connectivity index is 2.73. The number of rotatable bonds is 13. The molecule has 0 bridgehead atoms. The summed E-state index contributed by atoms with van der Waals surface area (Å²) in [5.74, 6) is 0. The van der Waals surface area contributed by atoms with E-state index in [1.807, 2.05) is 0 Å². The molecule has 1 aromatic heterocycles. The first kappa shape index (κ1) is 23.3. The lowest BCUT2D eigenvalue weighted by atomic mass is 9.87. The zero-order valence-electron chi connectivity index (χ0n) is 19.6. The van der Waals surface area contributed by atoms with Crippen LogP contribution in [0.3, 0.4) is 0 Å². The van der Waals surface area contributed by atoms with E-state index in [1.165, 1.54) is 82.6 Å². The molecule has 1 nitrogen and oxygen atoms in total. The average molecular weight is 399 g/mol. The van der Waals surface area contributed by atoms with Gasteiger partial charge in [-0.2, -0.15) is 0 Å². The van der Waals surface area contributed by atoms with Crippen LogP contribution in [0.5, 0.6) is 0 Å². The molecule has 1 heterocycles. The third-order valence-corrected chi connectivity index (χ3v) is 7.57. The molecule has 0 saturated carbocycles. The minimum atomic E-state index is -0.483. The summed E-state index contributed by atoms with van der Waals surface area (Å²) in [5.41, 5.74) is 8.22. The van der Waals surface area contributed by atoms with E-state index in [0.717, 1.165) is 0 Å². The summed E-state index contributed by atoms with van der Waals surface area (Å²) in [5, 5.41) is 3.23. The Bertz CT molecular complexity index is 726. The molecule has 0 fully saturated rings. The van der Waals surface area contributed by atoms with Gasteiger partial charge in [0.2, 0.25) is 0 Å². The molecule has 0 amide bonds. The number of aromatic nitrogens is 1. The van der Waals surface area contributed by atoms with Crippen LogP contribution in [-0.2, 0) is 25.7 Å². The monoisotopic (exact) mass is 398 g/mol. The summed E-state index contributed by atoms with van der Waals surface area (Å²) < 4.78 is 0. The van der Waals surface area contributed by atoms with Crippen molar-refractivity contribution in [2.45, 2.75) is 118 Å². The average Bonchev–Trinajstić information content (AvgIpc) is 3.05. The first-order chi connectivity index (χ1) is 13.6. The number of benzene rings is 1. The van der Waals surface area contributed by atoms with Crippen molar-refractivity contribution in [3.05, 3.63) is 28.3 Å². The molecule has 0 aliphatic rings. The number of aromatic amines is 1. The first-order valence-electron chi connectivity index (χ1n) is 12.1. The fourth-order valence-electron chi connectivity index (χ4n) is 4.53. The van der Waals surface area contributed by atoms with E-state index in [2.05, 4.69) is 51.8 Å². The summed E-state index contributed by atoms with van der Waals surface area (Å²) >= 11 is 0. The van der Waals surface area contributed by atoms with E-state index in [9.17, 15) is 0 Å². The Morgan fingerprint density at radius 3 is 1.71 bits per heavy atom. The Labute approximate surface area is 176 Å². The zero-order valence-corrected chi connectivity index (χ0v) is 20.6. The van der Waals surface area contributed by atoms with Crippen LogP contribution in [0.25, 0.3) is 10.9 Å². The predicted octanol–water partition coefficient (Wildman–Crippen LogP) is 7.50. The molecule has 0 unspecified atom stereocenters. The van der Waals surface area contributed by atoms with Crippen molar-refractivity contribution in [1.82, 2.24) is 4.98 Å². The molecule has 28 heavy (non-hydrogen) atoms. The Hall–Kier alpha value is -1.02. The van der Waals surface area contributed by atoms with Crippen LogP contribution < -0.4 is 5.32 Å². The number of nitrogens with one attached hydrogen (secondary N) is 1. The van der Waals surface area contributed by atoms with Crippen molar-refractivity contribution >= 4 is 25.0 Å². The number of fused-ring (bicyclic) bond motifs is 1. The molecule has 2 heteroatoms. The lowest BCUT2D eigenvalue weighted by Crippen LogP contribution is -2.27. The smallest absolute Gasteiger partial charge is 0.101 e. The number of hydrogen-bond acceptors (Lipinski definition) is 0. The molecular formula is C26H44NSi. The van der Waals surface area contributed by atoms with Gasteiger partial charge in [-0.1, -0.05) is 66.5 Å². The zero-order chi connectivity index (χ0) is 20.5.